The minimum Gasteiger partial charge on any atom is -0.381 e. The summed E-state index contributed by atoms with van der Waals surface area (Å²) in [4.78, 5) is 51.6. The van der Waals surface area contributed by atoms with Crippen LogP contribution >= 0.6 is 11.3 Å². The Morgan fingerprint density at radius 2 is 1.77 bits per heavy atom. The van der Waals surface area contributed by atoms with Crippen LogP contribution in [0.1, 0.15) is 61.8 Å². The molecular weight excluding hydrogens is 730 g/mol. The van der Waals surface area contributed by atoms with E-state index in [1.54, 1.807) is 46.8 Å². The number of amidine groups is 1. The first-order valence-electron chi connectivity index (χ1n) is 19.0. The summed E-state index contributed by atoms with van der Waals surface area (Å²) in [5, 5.41) is 11.5. The number of carbonyl (C=O) groups is 3. The molecule has 0 radical (unpaired) electrons. The number of fused-ring (bicyclic) bond motifs is 3. The second-order valence-electron chi connectivity index (χ2n) is 14.9. The fourth-order valence-corrected chi connectivity index (χ4v) is 9.39. The summed E-state index contributed by atoms with van der Waals surface area (Å²) in [6, 6.07) is 22.9. The number of carbonyl (C=O) groups excluding carboxylic acids is 3. The number of ketones is 1. The number of hydrogen-bond donors (Lipinski definition) is 1. The molecule has 56 heavy (non-hydrogen) atoms. The van der Waals surface area contributed by atoms with Crippen LogP contribution in [0.2, 0.25) is 0 Å². The maximum Gasteiger partial charge on any atom is 0.259 e. The molecule has 284 valence electrons. The molecule has 9 rings (SSSR count). The molecular formula is C43H40FN7O4S. The molecule has 0 unspecified atom stereocenters. The number of halogens is 1. The van der Waals surface area contributed by atoms with E-state index in [4.69, 9.17) is 9.73 Å². The van der Waals surface area contributed by atoms with Crippen LogP contribution < -0.4 is 10.2 Å². The van der Waals surface area contributed by atoms with E-state index in [1.165, 1.54) is 23.5 Å². The third-order valence-electron chi connectivity index (χ3n) is 11.2. The second-order valence-corrected chi connectivity index (χ2v) is 16.0. The number of ether oxygens (including phenoxy) is 1. The van der Waals surface area contributed by atoms with Crippen molar-refractivity contribution in [2.45, 2.75) is 39.2 Å². The van der Waals surface area contributed by atoms with Crippen molar-refractivity contribution in [1.29, 1.82) is 0 Å². The summed E-state index contributed by atoms with van der Waals surface area (Å²) in [5.41, 5.74) is 5.75. The van der Waals surface area contributed by atoms with Crippen molar-refractivity contribution in [2.24, 2.45) is 10.4 Å². The minimum absolute atomic E-state index is 0.183. The predicted molar refractivity (Wildman–Crippen MR) is 213 cm³/mol. The number of aryl methyl sites for hydroxylation is 1. The molecule has 11 nitrogen and oxygen atoms in total. The highest BCUT2D eigenvalue weighted by Crippen LogP contribution is 2.43. The molecule has 0 saturated carbocycles. The van der Waals surface area contributed by atoms with Crippen molar-refractivity contribution < 1.29 is 23.5 Å². The summed E-state index contributed by atoms with van der Waals surface area (Å²) < 4.78 is 22.1. The topological polar surface area (TPSA) is 122 Å². The summed E-state index contributed by atoms with van der Waals surface area (Å²) in [6.45, 7) is 6.44. The van der Waals surface area contributed by atoms with Gasteiger partial charge in [-0.2, -0.15) is 0 Å². The maximum atomic E-state index is 14.9. The van der Waals surface area contributed by atoms with E-state index in [-0.39, 0.29) is 29.6 Å². The Labute approximate surface area is 327 Å². The molecule has 2 fully saturated rings. The van der Waals surface area contributed by atoms with Gasteiger partial charge in [0.1, 0.15) is 17.3 Å². The second kappa shape index (κ2) is 14.7. The van der Waals surface area contributed by atoms with Crippen molar-refractivity contribution in [3.05, 3.63) is 129 Å². The first-order chi connectivity index (χ1) is 27.2. The quantitative estimate of drug-likeness (QED) is 0.183. The van der Waals surface area contributed by atoms with Crippen LogP contribution in [0, 0.1) is 18.2 Å². The number of thiophene rings is 1. The van der Waals surface area contributed by atoms with E-state index >= 15 is 0 Å². The van der Waals surface area contributed by atoms with E-state index in [2.05, 4.69) is 20.5 Å². The van der Waals surface area contributed by atoms with Crippen LogP contribution in [0.3, 0.4) is 0 Å². The van der Waals surface area contributed by atoms with Crippen molar-refractivity contribution in [3.8, 4) is 10.4 Å². The van der Waals surface area contributed by atoms with Gasteiger partial charge in [-0.3, -0.25) is 19.4 Å². The smallest absolute Gasteiger partial charge is 0.259 e. The molecule has 13 heteroatoms. The van der Waals surface area contributed by atoms with Gasteiger partial charge in [-0.1, -0.05) is 41.6 Å². The fourth-order valence-electron chi connectivity index (χ4n) is 8.21. The number of dihydropyridines is 1. The molecule has 5 aromatic rings. The number of likely N-dealkylation sites (tertiary alicyclic amines) is 1. The largest absolute Gasteiger partial charge is 0.381 e. The summed E-state index contributed by atoms with van der Waals surface area (Å²) in [5.74, 6) is -0.433. The van der Waals surface area contributed by atoms with Crippen molar-refractivity contribution in [2.75, 3.05) is 49.6 Å². The Bertz CT molecular complexity index is 2410. The van der Waals surface area contributed by atoms with Crippen LogP contribution in [0.15, 0.2) is 95.5 Å². The van der Waals surface area contributed by atoms with Crippen molar-refractivity contribution in [1.82, 2.24) is 19.9 Å². The molecule has 0 aliphatic carbocycles. The zero-order valence-electron chi connectivity index (χ0n) is 31.0. The molecule has 6 heterocycles. The Morgan fingerprint density at radius 1 is 0.982 bits per heavy atom. The third-order valence-corrected chi connectivity index (χ3v) is 12.4. The van der Waals surface area contributed by atoms with Crippen molar-refractivity contribution in [3.63, 3.8) is 0 Å². The number of aromatic nitrogens is 3. The number of hydrogen-bond acceptors (Lipinski definition) is 9. The van der Waals surface area contributed by atoms with Gasteiger partial charge in [0.2, 0.25) is 5.78 Å². The predicted octanol–water partition coefficient (Wildman–Crippen LogP) is 6.72. The van der Waals surface area contributed by atoms with Gasteiger partial charge in [-0.05, 0) is 92.3 Å². The molecule has 0 bridgehead atoms. The number of rotatable bonds is 7. The zero-order chi connectivity index (χ0) is 38.4. The van der Waals surface area contributed by atoms with Gasteiger partial charge in [-0.25, -0.2) is 9.07 Å². The Kier molecular flexibility index (Phi) is 9.42. The highest BCUT2D eigenvalue weighted by atomic mass is 32.1. The molecule has 0 atom stereocenters. The van der Waals surface area contributed by atoms with Gasteiger partial charge in [0.15, 0.2) is 0 Å². The van der Waals surface area contributed by atoms with Crippen molar-refractivity contribution >= 4 is 46.1 Å². The Hall–Kier alpha value is -5.79. The molecule has 2 saturated heterocycles. The molecule has 3 aromatic carbocycles. The summed E-state index contributed by atoms with van der Waals surface area (Å²) >= 11 is 1.33. The van der Waals surface area contributed by atoms with Crippen LogP contribution in [0.4, 0.5) is 15.8 Å². The van der Waals surface area contributed by atoms with Gasteiger partial charge < -0.3 is 19.9 Å². The molecule has 4 aliphatic heterocycles. The molecule has 4 aliphatic rings. The van der Waals surface area contributed by atoms with Gasteiger partial charge >= 0.3 is 0 Å². The molecule has 1 spiro atoms. The summed E-state index contributed by atoms with van der Waals surface area (Å²) in [7, 11) is 0. The number of aliphatic imine (C=N–C) groups is 1. The standard InChI is InChI=1S/C43H40FN7O4S/c1-27-37(51(48-47-27)24-28-6-3-2-4-7-28)38(52)36-22-30-15-19-50(35-23-31(44)11-14-33(35)39(30)56-36)42(54)29-9-12-32(13-10-29)46-41(53)34-8-5-18-45-40(34)49-25-43(26-49)16-20-55-21-17-43/h2-4,6-14,22-23H,5,15-21,24-26H2,1H3,(H,46,53). The van der Waals surface area contributed by atoms with Gasteiger partial charge in [0.25, 0.3) is 11.8 Å². The van der Waals surface area contributed by atoms with Gasteiger partial charge in [-0.15, -0.1) is 16.4 Å². The van der Waals surface area contributed by atoms with Crippen LogP contribution in [0.5, 0.6) is 0 Å². The van der Waals surface area contributed by atoms with Crippen LogP contribution in [-0.2, 0) is 22.5 Å². The van der Waals surface area contributed by atoms with E-state index < -0.39 is 5.82 Å². The van der Waals surface area contributed by atoms with E-state index in [0.29, 0.717) is 70.3 Å². The molecule has 1 N–H and O–H groups in total. The van der Waals surface area contributed by atoms with Crippen LogP contribution in [0.25, 0.3) is 10.4 Å². The van der Waals surface area contributed by atoms with E-state index in [0.717, 1.165) is 61.0 Å². The zero-order valence-corrected chi connectivity index (χ0v) is 31.8. The lowest BCUT2D eigenvalue weighted by molar-refractivity contribution is -0.112. The molecule has 2 amide bonds. The Balaban J connectivity index is 0.912. The SMILES string of the molecule is Cc1nnn(Cc2ccccc2)c1C(=O)c1cc2c(s1)-c1ccc(F)cc1N(C(=O)c1ccc(NC(=O)C3=CCCN=C3N3CC4(CCOCC4)C3)cc1)CC2. The summed E-state index contributed by atoms with van der Waals surface area (Å²) in [6.07, 6.45) is 5.18. The third kappa shape index (κ3) is 6.75. The highest BCUT2D eigenvalue weighted by molar-refractivity contribution is 7.17. The number of nitrogens with one attached hydrogen (secondary N) is 1. The number of anilines is 2. The van der Waals surface area contributed by atoms with E-state index in [1.807, 2.05) is 42.5 Å². The monoisotopic (exact) mass is 769 g/mol. The number of benzene rings is 3. The minimum atomic E-state index is -0.469. The first kappa shape index (κ1) is 35.9. The lowest BCUT2D eigenvalue weighted by Gasteiger charge is -2.53. The van der Waals surface area contributed by atoms with Gasteiger partial charge in [0.05, 0.1) is 28.4 Å². The number of amides is 2. The average Bonchev–Trinajstić information content (AvgIpc) is 3.76. The first-order valence-corrected chi connectivity index (χ1v) is 19.8. The van der Waals surface area contributed by atoms with Gasteiger partial charge in [0, 0.05) is 66.5 Å². The lowest BCUT2D eigenvalue weighted by atomic mass is 9.73. The lowest BCUT2D eigenvalue weighted by Crippen LogP contribution is -2.61. The fraction of sp³-hybridized carbons (Fsp3) is 0.302. The van der Waals surface area contributed by atoms with E-state index in [9.17, 15) is 18.8 Å². The molecule has 2 aromatic heterocycles. The van der Waals surface area contributed by atoms with Crippen LogP contribution in [-0.4, -0.2) is 82.7 Å². The Morgan fingerprint density at radius 3 is 2.55 bits per heavy atom. The normalized spacial score (nSPS) is 17.2. The average molecular weight is 770 g/mol. The maximum absolute atomic E-state index is 14.9. The number of nitrogens with zero attached hydrogens (tertiary/aromatic N) is 6. The highest BCUT2D eigenvalue weighted by Gasteiger charge is 2.46.